The molecule has 0 unspecified atom stereocenters. The normalized spacial score (nSPS) is 13.2. The average molecular weight is 631 g/mol. The van der Waals surface area contributed by atoms with Crippen LogP contribution in [-0.4, -0.2) is 46.7 Å². The van der Waals surface area contributed by atoms with Gasteiger partial charge in [-0.1, -0.05) is 20.8 Å². The fourth-order valence-corrected chi connectivity index (χ4v) is 4.30. The van der Waals surface area contributed by atoms with Gasteiger partial charge < -0.3 is 24.1 Å². The largest absolute Gasteiger partial charge is 1.00 e. The van der Waals surface area contributed by atoms with Crippen molar-refractivity contribution in [3.05, 3.63) is 64.0 Å². The van der Waals surface area contributed by atoms with Crippen molar-refractivity contribution in [1.29, 1.82) is 5.41 Å². The number of aromatic nitrogens is 4. The van der Waals surface area contributed by atoms with Crippen LogP contribution in [0.25, 0.3) is 22.3 Å². The van der Waals surface area contributed by atoms with Gasteiger partial charge in [0.2, 0.25) is 5.90 Å². The number of nitrogens with zero attached hydrogens (tertiary/aromatic N) is 5. The Morgan fingerprint density at radius 2 is 1.81 bits per heavy atom. The van der Waals surface area contributed by atoms with Crippen LogP contribution in [0.2, 0.25) is 0 Å². The molecule has 0 aliphatic heterocycles. The molecule has 1 saturated carbocycles. The maximum atomic E-state index is 15.2. The van der Waals surface area contributed by atoms with E-state index in [0.717, 1.165) is 23.6 Å². The summed E-state index contributed by atoms with van der Waals surface area (Å²) < 4.78 is 72.3. The quantitative estimate of drug-likeness (QED) is 0.157. The topological polar surface area (TPSA) is 109 Å². The number of alkyl halides is 3. The molecule has 0 saturated heterocycles. The number of rotatable bonds is 10. The van der Waals surface area contributed by atoms with E-state index < -0.39 is 17.7 Å². The molecule has 9 nitrogen and oxygen atoms in total. The van der Waals surface area contributed by atoms with Gasteiger partial charge in [0.05, 0.1) is 31.6 Å². The van der Waals surface area contributed by atoms with Crippen molar-refractivity contribution >= 4 is 11.5 Å². The first-order valence-corrected chi connectivity index (χ1v) is 13.5. The van der Waals surface area contributed by atoms with Crippen LogP contribution in [-0.2, 0) is 31.0 Å². The molecule has 2 aromatic heterocycles. The predicted octanol–water partition coefficient (Wildman–Crippen LogP) is 3.96. The molecular formula is C29H35F4KN6O3. The first-order chi connectivity index (χ1) is 20.0. The molecule has 1 fully saturated rings. The molecule has 3 aromatic rings. The molecule has 4 rings (SSSR count). The minimum atomic E-state index is -4.65. The van der Waals surface area contributed by atoms with Crippen LogP contribution in [0, 0.1) is 17.1 Å². The molecule has 14 heteroatoms. The third-order valence-electron chi connectivity index (χ3n) is 6.50. The summed E-state index contributed by atoms with van der Waals surface area (Å²) in [5, 5.41) is 12.7. The van der Waals surface area contributed by atoms with Gasteiger partial charge in [0.25, 0.3) is 5.88 Å². The van der Waals surface area contributed by atoms with Gasteiger partial charge in [0, 0.05) is 13.2 Å². The molecule has 2 heterocycles. The molecule has 1 aliphatic carbocycles. The third kappa shape index (κ3) is 8.56. The second-order valence-corrected chi connectivity index (χ2v) is 9.16. The number of imidazole rings is 1. The number of aryl methyl sites for hydroxylation is 2. The molecule has 0 radical (unpaired) electrons. The molecule has 0 amide bonds. The summed E-state index contributed by atoms with van der Waals surface area (Å²) in [4.78, 5) is 12.4. The second kappa shape index (κ2) is 16.0. The van der Waals surface area contributed by atoms with E-state index in [1.54, 1.807) is 7.05 Å². The predicted molar refractivity (Wildman–Crippen MR) is 151 cm³/mol. The summed E-state index contributed by atoms with van der Waals surface area (Å²) in [6.45, 7) is 5.72. The Labute approximate surface area is 291 Å². The first-order valence-electron chi connectivity index (χ1n) is 13.5. The fraction of sp³-hybridized carbons (Fsp3) is 0.448. The zero-order chi connectivity index (χ0) is 31.2. The van der Waals surface area contributed by atoms with Crippen LogP contribution in [0.3, 0.4) is 0 Å². The van der Waals surface area contributed by atoms with Gasteiger partial charge in [-0.05, 0) is 48.4 Å². The molecule has 43 heavy (non-hydrogen) atoms. The Kier molecular flexibility index (Phi) is 13.6. The van der Waals surface area contributed by atoms with E-state index in [0.29, 0.717) is 28.8 Å². The standard InChI is InChI=1S/C27H29F4N6O3.C2H6.K/c1-6-14-9-17(25-35-20(12-37(25)3)27(29,30)31)18(28)10-16(14)13-40-26-19(38-4)11-34-24(36-26)21(23(32)39-5)22(33-2)15-7-8-15;1-2;/h9-12,15,32H,6-8,13H2,1-5H3;1-2H3;/q-1;;+1/b22-21+,32-23?;;. The van der Waals surface area contributed by atoms with Crippen LogP contribution in [0.4, 0.5) is 17.6 Å². The van der Waals surface area contributed by atoms with Crippen molar-refractivity contribution in [3.63, 3.8) is 0 Å². The molecule has 228 valence electrons. The summed E-state index contributed by atoms with van der Waals surface area (Å²) >= 11 is 0. The Morgan fingerprint density at radius 1 is 1.14 bits per heavy atom. The summed E-state index contributed by atoms with van der Waals surface area (Å²) in [7, 11) is 5.81. The monoisotopic (exact) mass is 630 g/mol. The molecule has 0 spiro atoms. The van der Waals surface area contributed by atoms with E-state index in [1.807, 2.05) is 20.8 Å². The van der Waals surface area contributed by atoms with Crippen LogP contribution in [0.1, 0.15) is 56.3 Å². The summed E-state index contributed by atoms with van der Waals surface area (Å²) in [5.41, 5.74) is 0.985. The summed E-state index contributed by atoms with van der Waals surface area (Å²) in [6.07, 6.45) is -0.0962. The maximum absolute atomic E-state index is 15.2. The Morgan fingerprint density at radius 3 is 2.33 bits per heavy atom. The number of ether oxygens (including phenoxy) is 3. The first kappa shape index (κ1) is 36.7. The minimum absolute atomic E-state index is 0. The molecule has 1 aliphatic rings. The smallest absolute Gasteiger partial charge is 0.689 e. The zero-order valence-electron chi connectivity index (χ0n) is 25.7. The van der Waals surface area contributed by atoms with Gasteiger partial charge in [-0.25, -0.2) is 14.4 Å². The molecular weight excluding hydrogens is 595 g/mol. The van der Waals surface area contributed by atoms with E-state index in [1.165, 1.54) is 39.6 Å². The second-order valence-electron chi connectivity index (χ2n) is 9.16. The molecule has 0 atom stereocenters. The molecule has 0 bridgehead atoms. The number of allylic oxidation sites excluding steroid dienone is 1. The van der Waals surface area contributed by atoms with Crippen molar-refractivity contribution in [1.82, 2.24) is 19.5 Å². The number of halogens is 4. The summed E-state index contributed by atoms with van der Waals surface area (Å²) in [6, 6.07) is 2.70. The van der Waals surface area contributed by atoms with Crippen LogP contribution < -0.4 is 60.9 Å². The van der Waals surface area contributed by atoms with Gasteiger partial charge in [-0.3, -0.25) is 5.41 Å². The maximum Gasteiger partial charge on any atom is 1.00 e. The number of benzene rings is 1. The third-order valence-corrected chi connectivity index (χ3v) is 6.50. The van der Waals surface area contributed by atoms with E-state index in [9.17, 15) is 13.2 Å². The Hall–Kier alpha value is -2.52. The van der Waals surface area contributed by atoms with Crippen molar-refractivity contribution in [3.8, 4) is 23.0 Å². The minimum Gasteiger partial charge on any atom is -0.689 e. The number of methoxy groups -OCH3 is 2. The van der Waals surface area contributed by atoms with E-state index >= 15 is 4.39 Å². The molecule has 1 aromatic carbocycles. The van der Waals surface area contributed by atoms with Crippen LogP contribution in [0.5, 0.6) is 11.6 Å². The number of hydrogen-bond donors (Lipinski definition) is 1. The van der Waals surface area contributed by atoms with Gasteiger partial charge in [0.15, 0.2) is 17.3 Å². The van der Waals surface area contributed by atoms with E-state index in [-0.39, 0.29) is 98.6 Å². The van der Waals surface area contributed by atoms with Crippen molar-refractivity contribution < 1.29 is 83.2 Å². The van der Waals surface area contributed by atoms with Gasteiger partial charge >= 0.3 is 57.6 Å². The van der Waals surface area contributed by atoms with E-state index in [2.05, 4.69) is 20.3 Å². The van der Waals surface area contributed by atoms with Crippen LogP contribution in [0.15, 0.2) is 30.2 Å². The van der Waals surface area contributed by atoms with Crippen LogP contribution >= 0.6 is 0 Å². The van der Waals surface area contributed by atoms with Gasteiger partial charge in [0.1, 0.15) is 18.2 Å². The van der Waals surface area contributed by atoms with Crippen molar-refractivity contribution in [2.24, 2.45) is 13.0 Å². The van der Waals surface area contributed by atoms with E-state index in [4.69, 9.17) is 19.6 Å². The SMILES string of the molecule is CC.CCc1cc(-c2nc(C(F)(F)F)cn2C)c(F)cc1COc1nc(/C(C(=N)OC)=C(/[N-]C)C2CC2)ncc1OC.[K+]. The number of nitrogens with one attached hydrogen (secondary N) is 1. The average Bonchev–Trinajstić information content (AvgIpc) is 3.74. The fourth-order valence-electron chi connectivity index (χ4n) is 4.30. The van der Waals surface area contributed by atoms with Crippen molar-refractivity contribution in [2.45, 2.75) is 52.8 Å². The van der Waals surface area contributed by atoms with Crippen molar-refractivity contribution in [2.75, 3.05) is 21.3 Å². The Balaban J connectivity index is 0.00000211. The molecule has 1 N–H and O–H groups in total. The summed E-state index contributed by atoms with van der Waals surface area (Å²) in [5.74, 6) is -0.389. The Bertz CT molecular complexity index is 1450. The van der Waals surface area contributed by atoms with Gasteiger partial charge in [-0.15, -0.1) is 12.7 Å². The zero-order valence-corrected chi connectivity index (χ0v) is 28.8. The number of hydrogen-bond acceptors (Lipinski definition) is 7. The van der Waals surface area contributed by atoms with Gasteiger partial charge in [-0.2, -0.15) is 18.2 Å².